The number of Topliss-reactive ketones (excluding diaryl/α,β-unsaturated/α-hetero) is 1. The van der Waals surface area contributed by atoms with Gasteiger partial charge in [0.25, 0.3) is 11.6 Å². The molecular weight excluding hydrogens is 413 g/mol. The van der Waals surface area contributed by atoms with E-state index in [1.807, 2.05) is 0 Å². The molecule has 0 unspecified atom stereocenters. The fourth-order valence-corrected chi connectivity index (χ4v) is 2.95. The molecule has 0 spiro atoms. The van der Waals surface area contributed by atoms with Gasteiger partial charge >= 0.3 is 5.97 Å². The molecule has 2 amide bonds. The number of para-hydroxylation sites is 1. The predicted molar refractivity (Wildman–Crippen MR) is 102 cm³/mol. The minimum absolute atomic E-state index is 0.162. The summed E-state index contributed by atoms with van der Waals surface area (Å²) in [6.07, 6.45) is -0.263. The van der Waals surface area contributed by atoms with Crippen molar-refractivity contribution < 1.29 is 33.2 Å². The van der Waals surface area contributed by atoms with Crippen molar-refractivity contribution in [3.8, 4) is 0 Å². The van der Waals surface area contributed by atoms with Crippen molar-refractivity contribution in [3.05, 3.63) is 75.6 Å². The first kappa shape index (κ1) is 21.6. The number of ether oxygens (including phenoxy) is 1. The highest BCUT2D eigenvalue weighted by Crippen LogP contribution is 2.21. The van der Waals surface area contributed by atoms with Gasteiger partial charge in [-0.3, -0.25) is 39.7 Å². The summed E-state index contributed by atoms with van der Waals surface area (Å²) in [6.45, 7) is -0.799. The van der Waals surface area contributed by atoms with Gasteiger partial charge < -0.3 is 4.74 Å². The molecule has 3 rings (SSSR count). The first-order chi connectivity index (χ1) is 14.8. The Morgan fingerprint density at radius 1 is 1.16 bits per heavy atom. The summed E-state index contributed by atoms with van der Waals surface area (Å²) >= 11 is 0. The summed E-state index contributed by atoms with van der Waals surface area (Å²) in [5, 5.41) is 11.9. The summed E-state index contributed by atoms with van der Waals surface area (Å²) in [5.74, 6) is -4.26. The van der Waals surface area contributed by atoms with Crippen LogP contribution in [0.15, 0.2) is 48.5 Å². The van der Waals surface area contributed by atoms with E-state index >= 15 is 0 Å². The molecule has 1 saturated heterocycles. The number of hydrogen-bond donors (Lipinski definition) is 1. The number of esters is 1. The number of ketones is 1. The molecule has 0 saturated carbocycles. The standard InChI is InChI=1S/C20H16FN3O7/c21-14-7-5-12(6-8-14)17(25)11-31-20(28)13-9-18(26)23(10-13)22-19(27)15-3-1-2-4-16(15)24(29)30/h1-8,13H,9-11H2,(H,22,27)/t13-/m0/s1. The average molecular weight is 429 g/mol. The van der Waals surface area contributed by atoms with Crippen LogP contribution in [0, 0.1) is 21.8 Å². The monoisotopic (exact) mass is 429 g/mol. The van der Waals surface area contributed by atoms with Crippen molar-refractivity contribution in [3.63, 3.8) is 0 Å². The number of benzene rings is 2. The second-order valence-corrected chi connectivity index (χ2v) is 6.66. The highest BCUT2D eigenvalue weighted by atomic mass is 19.1. The molecule has 1 atom stereocenters. The molecule has 0 radical (unpaired) electrons. The number of carbonyl (C=O) groups is 4. The fraction of sp³-hybridized carbons (Fsp3) is 0.200. The Hall–Kier alpha value is -4.15. The number of hydrogen-bond acceptors (Lipinski definition) is 7. The van der Waals surface area contributed by atoms with Crippen molar-refractivity contribution >= 4 is 29.3 Å². The normalized spacial score (nSPS) is 15.5. The molecule has 0 aliphatic carbocycles. The lowest BCUT2D eigenvalue weighted by Crippen LogP contribution is -2.43. The van der Waals surface area contributed by atoms with Crippen LogP contribution in [0.3, 0.4) is 0 Å². The number of carbonyl (C=O) groups excluding carboxylic acids is 4. The molecule has 1 heterocycles. The van der Waals surface area contributed by atoms with E-state index in [1.165, 1.54) is 30.3 Å². The van der Waals surface area contributed by atoms with Gasteiger partial charge in [0.2, 0.25) is 5.91 Å². The fourth-order valence-electron chi connectivity index (χ4n) is 2.95. The molecule has 11 heteroatoms. The number of halogens is 1. The summed E-state index contributed by atoms with van der Waals surface area (Å²) in [7, 11) is 0. The van der Waals surface area contributed by atoms with Gasteiger partial charge in [-0.25, -0.2) is 4.39 Å². The topological polar surface area (TPSA) is 136 Å². The molecule has 160 valence electrons. The molecule has 1 N–H and O–H groups in total. The third-order valence-electron chi connectivity index (χ3n) is 4.55. The molecule has 1 aliphatic heterocycles. The van der Waals surface area contributed by atoms with Gasteiger partial charge in [-0.1, -0.05) is 12.1 Å². The van der Waals surface area contributed by atoms with Crippen molar-refractivity contribution in [2.24, 2.45) is 5.92 Å². The van der Waals surface area contributed by atoms with E-state index in [9.17, 15) is 33.7 Å². The van der Waals surface area contributed by atoms with Crippen LogP contribution >= 0.6 is 0 Å². The zero-order chi connectivity index (χ0) is 22.5. The largest absolute Gasteiger partial charge is 0.457 e. The Labute approximate surface area is 174 Å². The van der Waals surface area contributed by atoms with Crippen LogP contribution in [0.4, 0.5) is 10.1 Å². The van der Waals surface area contributed by atoms with Gasteiger partial charge in [0.05, 0.1) is 17.4 Å². The van der Waals surface area contributed by atoms with Crippen LogP contribution in [0.1, 0.15) is 27.1 Å². The molecule has 1 aliphatic rings. The maximum atomic E-state index is 12.9. The van der Waals surface area contributed by atoms with Gasteiger partial charge in [0.15, 0.2) is 12.4 Å². The quantitative estimate of drug-likeness (QED) is 0.306. The van der Waals surface area contributed by atoms with E-state index in [1.54, 1.807) is 0 Å². The van der Waals surface area contributed by atoms with Crippen LogP contribution in [0.25, 0.3) is 0 Å². The minimum Gasteiger partial charge on any atom is -0.457 e. The van der Waals surface area contributed by atoms with E-state index in [-0.39, 0.29) is 24.1 Å². The Morgan fingerprint density at radius 2 is 1.84 bits per heavy atom. The lowest BCUT2D eigenvalue weighted by molar-refractivity contribution is -0.385. The average Bonchev–Trinajstić information content (AvgIpc) is 3.12. The van der Waals surface area contributed by atoms with E-state index in [0.29, 0.717) is 0 Å². The molecule has 1 fully saturated rings. The van der Waals surface area contributed by atoms with Gasteiger partial charge in [0, 0.05) is 18.1 Å². The minimum atomic E-state index is -0.931. The summed E-state index contributed by atoms with van der Waals surface area (Å²) in [5.41, 5.74) is 1.74. The van der Waals surface area contributed by atoms with E-state index < -0.39 is 52.5 Å². The predicted octanol–water partition coefficient (Wildman–Crippen LogP) is 1.65. The number of nitro benzene ring substituents is 1. The number of hydrazine groups is 1. The van der Waals surface area contributed by atoms with Gasteiger partial charge in [-0.2, -0.15) is 0 Å². The lowest BCUT2D eigenvalue weighted by Gasteiger charge is -2.17. The number of nitrogens with zero attached hydrogens (tertiary/aromatic N) is 2. The molecule has 0 bridgehead atoms. The van der Waals surface area contributed by atoms with E-state index in [2.05, 4.69) is 5.43 Å². The Morgan fingerprint density at radius 3 is 2.52 bits per heavy atom. The maximum absolute atomic E-state index is 12.9. The van der Waals surface area contributed by atoms with E-state index in [0.717, 1.165) is 23.2 Å². The third kappa shape index (κ3) is 5.07. The van der Waals surface area contributed by atoms with Crippen LogP contribution in [0.2, 0.25) is 0 Å². The number of nitrogens with one attached hydrogen (secondary N) is 1. The van der Waals surface area contributed by atoms with E-state index in [4.69, 9.17) is 4.74 Å². The maximum Gasteiger partial charge on any atom is 0.311 e. The molecule has 2 aromatic rings. The second-order valence-electron chi connectivity index (χ2n) is 6.66. The first-order valence-electron chi connectivity index (χ1n) is 9.06. The molecule has 2 aromatic carbocycles. The summed E-state index contributed by atoms with van der Waals surface area (Å²) in [6, 6.07) is 9.93. The van der Waals surface area contributed by atoms with Crippen molar-refractivity contribution in [1.82, 2.24) is 10.4 Å². The van der Waals surface area contributed by atoms with Crippen molar-refractivity contribution in [1.29, 1.82) is 0 Å². The van der Waals surface area contributed by atoms with Crippen LogP contribution in [-0.4, -0.2) is 46.7 Å². The van der Waals surface area contributed by atoms with Crippen molar-refractivity contribution in [2.75, 3.05) is 13.2 Å². The summed E-state index contributed by atoms with van der Waals surface area (Å²) < 4.78 is 17.9. The lowest BCUT2D eigenvalue weighted by atomic mass is 10.1. The van der Waals surface area contributed by atoms with Crippen LogP contribution in [0.5, 0.6) is 0 Å². The Balaban J connectivity index is 1.56. The molecule has 10 nitrogen and oxygen atoms in total. The zero-order valence-electron chi connectivity index (χ0n) is 15.9. The van der Waals surface area contributed by atoms with Gasteiger partial charge in [-0.05, 0) is 30.3 Å². The molecular formula is C20H16FN3O7. The number of rotatable bonds is 7. The third-order valence-corrected chi connectivity index (χ3v) is 4.55. The van der Waals surface area contributed by atoms with Gasteiger partial charge in [0.1, 0.15) is 11.4 Å². The SMILES string of the molecule is O=C(COC(=O)[C@H]1CC(=O)N(NC(=O)c2ccccc2[N+](=O)[O-])C1)c1ccc(F)cc1. The number of amides is 2. The smallest absolute Gasteiger partial charge is 0.311 e. The first-order valence-corrected chi connectivity index (χ1v) is 9.06. The van der Waals surface area contributed by atoms with Crippen LogP contribution < -0.4 is 5.43 Å². The molecule has 31 heavy (non-hydrogen) atoms. The van der Waals surface area contributed by atoms with Crippen molar-refractivity contribution in [2.45, 2.75) is 6.42 Å². The Kier molecular flexibility index (Phi) is 6.34. The summed E-state index contributed by atoms with van der Waals surface area (Å²) in [4.78, 5) is 59.0. The molecule has 0 aromatic heterocycles. The second kappa shape index (κ2) is 9.11. The number of nitro groups is 1. The highest BCUT2D eigenvalue weighted by Gasteiger charge is 2.37. The Bertz CT molecular complexity index is 1050. The zero-order valence-corrected chi connectivity index (χ0v) is 15.9. The highest BCUT2D eigenvalue weighted by molar-refractivity contribution is 6.00. The van der Waals surface area contributed by atoms with Gasteiger partial charge in [-0.15, -0.1) is 0 Å². The van der Waals surface area contributed by atoms with Crippen LogP contribution in [-0.2, 0) is 14.3 Å².